The first-order valence-electron chi connectivity index (χ1n) is 5.53. The van der Waals surface area contributed by atoms with Crippen molar-refractivity contribution in [1.29, 1.82) is 0 Å². The molecule has 1 atom stereocenters. The number of nitrogens with one attached hydrogen (secondary N) is 2. The van der Waals surface area contributed by atoms with Gasteiger partial charge in [-0.2, -0.15) is 0 Å². The van der Waals surface area contributed by atoms with Crippen LogP contribution in [0.1, 0.15) is 18.5 Å². The van der Waals surface area contributed by atoms with Gasteiger partial charge in [0.25, 0.3) is 0 Å². The second kappa shape index (κ2) is 4.97. The van der Waals surface area contributed by atoms with Crippen molar-refractivity contribution in [3.63, 3.8) is 0 Å². The maximum atomic E-state index is 11.7. The zero-order chi connectivity index (χ0) is 12.3. The third kappa shape index (κ3) is 2.29. The van der Waals surface area contributed by atoms with Gasteiger partial charge in [0.15, 0.2) is 0 Å². The van der Waals surface area contributed by atoms with Crippen LogP contribution in [0.5, 0.6) is 0 Å². The van der Waals surface area contributed by atoms with Gasteiger partial charge >= 0.3 is 5.97 Å². The lowest BCUT2D eigenvalue weighted by molar-refractivity contribution is -0.145. The van der Waals surface area contributed by atoms with Crippen LogP contribution in [0.25, 0.3) is 11.0 Å². The minimum absolute atomic E-state index is 0.270. The highest BCUT2D eigenvalue weighted by Gasteiger charge is 2.20. The van der Waals surface area contributed by atoms with Crippen molar-refractivity contribution >= 4 is 17.0 Å². The fourth-order valence-electron chi connectivity index (χ4n) is 1.78. The number of nitrogens with zero attached hydrogens (tertiary/aromatic N) is 1. The van der Waals surface area contributed by atoms with Crippen LogP contribution in [0.3, 0.4) is 0 Å². The third-order valence-corrected chi connectivity index (χ3v) is 2.59. The third-order valence-electron chi connectivity index (χ3n) is 2.59. The van der Waals surface area contributed by atoms with Crippen LogP contribution in [0.15, 0.2) is 24.5 Å². The average Bonchev–Trinajstić information content (AvgIpc) is 2.77. The second-order valence-electron chi connectivity index (χ2n) is 3.65. The number of esters is 1. The number of benzene rings is 1. The van der Waals surface area contributed by atoms with Crippen LogP contribution in [-0.2, 0) is 9.53 Å². The van der Waals surface area contributed by atoms with Crippen LogP contribution in [0.2, 0.25) is 0 Å². The fraction of sp³-hybridized carbons (Fsp3) is 0.333. The molecule has 90 valence electrons. The Bertz CT molecular complexity index is 521. The summed E-state index contributed by atoms with van der Waals surface area (Å²) in [6.07, 6.45) is 1.63. The Morgan fingerprint density at radius 1 is 1.59 bits per heavy atom. The topological polar surface area (TPSA) is 67.0 Å². The Labute approximate surface area is 99.2 Å². The molecule has 5 nitrogen and oxygen atoms in total. The molecule has 0 fully saturated rings. The lowest BCUT2D eigenvalue weighted by Crippen LogP contribution is -2.27. The van der Waals surface area contributed by atoms with E-state index in [1.807, 2.05) is 18.2 Å². The van der Waals surface area contributed by atoms with Gasteiger partial charge in [0, 0.05) is 0 Å². The highest BCUT2D eigenvalue weighted by molar-refractivity contribution is 5.81. The van der Waals surface area contributed by atoms with Crippen molar-refractivity contribution in [2.24, 2.45) is 0 Å². The number of rotatable bonds is 4. The summed E-state index contributed by atoms with van der Waals surface area (Å²) in [5.41, 5.74) is 2.65. The lowest BCUT2D eigenvalue weighted by Gasteiger charge is -2.14. The largest absolute Gasteiger partial charge is 0.465 e. The van der Waals surface area contributed by atoms with Crippen molar-refractivity contribution in [1.82, 2.24) is 15.3 Å². The summed E-state index contributed by atoms with van der Waals surface area (Å²) >= 11 is 0. The maximum Gasteiger partial charge on any atom is 0.327 e. The molecule has 1 aromatic carbocycles. The van der Waals surface area contributed by atoms with E-state index in [-0.39, 0.29) is 5.97 Å². The number of H-pyrrole nitrogens is 1. The minimum Gasteiger partial charge on any atom is -0.465 e. The van der Waals surface area contributed by atoms with E-state index < -0.39 is 6.04 Å². The Morgan fingerprint density at radius 3 is 3.12 bits per heavy atom. The highest BCUT2D eigenvalue weighted by atomic mass is 16.5. The van der Waals surface area contributed by atoms with Crippen LogP contribution < -0.4 is 5.32 Å². The zero-order valence-corrected chi connectivity index (χ0v) is 9.86. The van der Waals surface area contributed by atoms with E-state index >= 15 is 0 Å². The van der Waals surface area contributed by atoms with E-state index in [0.29, 0.717) is 6.61 Å². The van der Waals surface area contributed by atoms with Gasteiger partial charge in [0.2, 0.25) is 0 Å². The number of aromatic nitrogens is 2. The first-order valence-corrected chi connectivity index (χ1v) is 5.53. The number of hydrogen-bond acceptors (Lipinski definition) is 4. The van der Waals surface area contributed by atoms with E-state index in [4.69, 9.17) is 4.74 Å². The number of ether oxygens (including phenoxy) is 1. The summed E-state index contributed by atoms with van der Waals surface area (Å²) in [4.78, 5) is 18.9. The molecule has 5 heteroatoms. The van der Waals surface area contributed by atoms with Crippen LogP contribution >= 0.6 is 0 Å². The van der Waals surface area contributed by atoms with Crippen molar-refractivity contribution in [2.45, 2.75) is 13.0 Å². The van der Waals surface area contributed by atoms with Gasteiger partial charge in [-0.1, -0.05) is 6.07 Å². The summed E-state index contributed by atoms with van der Waals surface area (Å²) < 4.78 is 5.02. The van der Waals surface area contributed by atoms with Crippen molar-refractivity contribution in [3.05, 3.63) is 30.1 Å². The van der Waals surface area contributed by atoms with Gasteiger partial charge in [-0.3, -0.25) is 0 Å². The standard InChI is InChI=1S/C12H15N3O2/c1-3-17-12(16)11(13-2)8-4-5-9-10(6-8)15-7-14-9/h4-7,11,13H,3H2,1-2H3,(H,14,15). The molecule has 0 amide bonds. The quantitative estimate of drug-likeness (QED) is 0.783. The Hall–Kier alpha value is -1.88. The highest BCUT2D eigenvalue weighted by Crippen LogP contribution is 2.19. The predicted octanol–water partition coefficient (Wildman–Crippen LogP) is 1.39. The summed E-state index contributed by atoms with van der Waals surface area (Å²) in [6, 6.07) is 5.22. The first-order chi connectivity index (χ1) is 8.26. The molecule has 0 saturated heterocycles. The molecule has 2 rings (SSSR count). The van der Waals surface area contributed by atoms with E-state index in [1.54, 1.807) is 20.3 Å². The summed E-state index contributed by atoms with van der Waals surface area (Å²) in [7, 11) is 1.73. The SMILES string of the molecule is CCOC(=O)C(NC)c1ccc2nc[nH]c2c1. The molecule has 1 unspecified atom stereocenters. The van der Waals surface area contributed by atoms with E-state index in [0.717, 1.165) is 16.6 Å². The molecule has 0 radical (unpaired) electrons. The number of carbonyl (C=O) groups is 1. The minimum atomic E-state index is -0.442. The van der Waals surface area contributed by atoms with E-state index in [9.17, 15) is 4.79 Å². The molecule has 17 heavy (non-hydrogen) atoms. The molecular formula is C12H15N3O2. The maximum absolute atomic E-state index is 11.7. The number of hydrogen-bond donors (Lipinski definition) is 2. The van der Waals surface area contributed by atoms with E-state index in [1.165, 1.54) is 0 Å². The van der Waals surface area contributed by atoms with Crippen molar-refractivity contribution < 1.29 is 9.53 Å². The van der Waals surface area contributed by atoms with Gasteiger partial charge in [0.05, 0.1) is 24.0 Å². The summed E-state index contributed by atoms with van der Waals surface area (Å²) in [5, 5.41) is 2.95. The predicted molar refractivity (Wildman–Crippen MR) is 64.5 cm³/mol. The average molecular weight is 233 g/mol. The van der Waals surface area contributed by atoms with Crippen molar-refractivity contribution in [2.75, 3.05) is 13.7 Å². The normalized spacial score (nSPS) is 12.6. The number of aromatic amines is 1. The molecule has 0 aliphatic heterocycles. The smallest absolute Gasteiger partial charge is 0.327 e. The van der Waals surface area contributed by atoms with Gasteiger partial charge in [0.1, 0.15) is 6.04 Å². The fourth-order valence-corrected chi connectivity index (χ4v) is 1.78. The molecule has 0 aliphatic carbocycles. The lowest BCUT2D eigenvalue weighted by atomic mass is 10.1. The Balaban J connectivity index is 2.32. The molecule has 2 N–H and O–H groups in total. The van der Waals surface area contributed by atoms with Gasteiger partial charge in [-0.15, -0.1) is 0 Å². The van der Waals surface area contributed by atoms with Crippen LogP contribution in [0, 0.1) is 0 Å². The number of likely N-dealkylation sites (N-methyl/N-ethyl adjacent to an activating group) is 1. The van der Waals surface area contributed by atoms with Gasteiger partial charge in [-0.25, -0.2) is 9.78 Å². The van der Waals surface area contributed by atoms with E-state index in [2.05, 4.69) is 15.3 Å². The summed E-state index contributed by atoms with van der Waals surface area (Å²) in [5.74, 6) is -0.270. The zero-order valence-electron chi connectivity index (χ0n) is 9.86. The Morgan fingerprint density at radius 2 is 2.41 bits per heavy atom. The molecule has 2 aromatic rings. The monoisotopic (exact) mass is 233 g/mol. The molecule has 1 heterocycles. The second-order valence-corrected chi connectivity index (χ2v) is 3.65. The molecule has 0 saturated carbocycles. The molecule has 0 aliphatic rings. The van der Waals surface area contributed by atoms with Gasteiger partial charge < -0.3 is 15.0 Å². The molecule has 0 spiro atoms. The molecular weight excluding hydrogens is 218 g/mol. The number of carbonyl (C=O) groups excluding carboxylic acids is 1. The summed E-state index contributed by atoms with van der Waals surface area (Å²) in [6.45, 7) is 2.17. The first kappa shape index (κ1) is 11.6. The van der Waals surface area contributed by atoms with Crippen LogP contribution in [-0.4, -0.2) is 29.6 Å². The van der Waals surface area contributed by atoms with Gasteiger partial charge in [-0.05, 0) is 31.7 Å². The number of fused-ring (bicyclic) bond motifs is 1. The molecule has 0 bridgehead atoms. The van der Waals surface area contributed by atoms with Crippen molar-refractivity contribution in [3.8, 4) is 0 Å². The number of imidazole rings is 1. The van der Waals surface area contributed by atoms with Crippen LogP contribution in [0.4, 0.5) is 0 Å². The molecule has 1 aromatic heterocycles. The Kier molecular flexibility index (Phi) is 3.39.